The molecule has 0 amide bonds. The molecule has 3 unspecified atom stereocenters. The van der Waals surface area contributed by atoms with Gasteiger partial charge in [-0.3, -0.25) is 4.90 Å². The van der Waals surface area contributed by atoms with Crippen molar-refractivity contribution in [3.8, 4) is 0 Å². The number of nitrogens with zero attached hydrogens (tertiary/aromatic N) is 1. The molecule has 1 N–H and O–H groups in total. The number of methoxy groups -OCH3 is 1. The Hall–Kier alpha value is -0.160. The van der Waals surface area contributed by atoms with Gasteiger partial charge in [0.25, 0.3) is 0 Å². The van der Waals surface area contributed by atoms with Gasteiger partial charge in [0.2, 0.25) is 0 Å². The maximum atomic E-state index is 5.63. The van der Waals surface area contributed by atoms with Gasteiger partial charge in [-0.1, -0.05) is 6.92 Å². The third-order valence-corrected chi connectivity index (χ3v) is 4.11. The van der Waals surface area contributed by atoms with Crippen LogP contribution in [0.25, 0.3) is 0 Å². The molecule has 1 heterocycles. The van der Waals surface area contributed by atoms with E-state index in [9.17, 15) is 0 Å². The van der Waals surface area contributed by atoms with Crippen molar-refractivity contribution in [3.63, 3.8) is 0 Å². The summed E-state index contributed by atoms with van der Waals surface area (Å²) in [5.41, 5.74) is 0. The highest BCUT2D eigenvalue weighted by atomic mass is 16.5. The van der Waals surface area contributed by atoms with E-state index >= 15 is 0 Å². The van der Waals surface area contributed by atoms with Gasteiger partial charge in [-0.05, 0) is 26.8 Å². The van der Waals surface area contributed by atoms with Crippen LogP contribution in [0.4, 0.5) is 0 Å². The largest absolute Gasteiger partial charge is 0.383 e. The predicted octanol–water partition coefficient (Wildman–Crippen LogP) is 1.36. The quantitative estimate of drug-likeness (QED) is 0.713. The van der Waals surface area contributed by atoms with Crippen LogP contribution in [0.3, 0.4) is 0 Å². The highest BCUT2D eigenvalue weighted by molar-refractivity contribution is 4.82. The molecular formula is C14H30N2O2. The summed E-state index contributed by atoms with van der Waals surface area (Å²) in [4.78, 5) is 2.53. The highest BCUT2D eigenvalue weighted by Gasteiger charge is 2.27. The maximum Gasteiger partial charge on any atom is 0.0589 e. The van der Waals surface area contributed by atoms with Crippen molar-refractivity contribution < 1.29 is 9.47 Å². The Morgan fingerprint density at radius 1 is 1.50 bits per heavy atom. The number of hydrogen-bond acceptors (Lipinski definition) is 4. The van der Waals surface area contributed by atoms with Crippen molar-refractivity contribution in [3.05, 3.63) is 0 Å². The molecule has 1 fully saturated rings. The summed E-state index contributed by atoms with van der Waals surface area (Å²) in [6.07, 6.45) is 2.31. The molecule has 0 aromatic heterocycles. The number of hydrogen-bond donors (Lipinski definition) is 1. The van der Waals surface area contributed by atoms with Crippen molar-refractivity contribution in [2.75, 3.05) is 47.1 Å². The first-order valence-electron chi connectivity index (χ1n) is 7.20. The summed E-state index contributed by atoms with van der Waals surface area (Å²) >= 11 is 0. The predicted molar refractivity (Wildman–Crippen MR) is 75.0 cm³/mol. The molecule has 1 aliphatic rings. The normalized spacial score (nSPS) is 26.5. The van der Waals surface area contributed by atoms with E-state index in [1.54, 1.807) is 7.11 Å². The third-order valence-electron chi connectivity index (χ3n) is 4.11. The van der Waals surface area contributed by atoms with Gasteiger partial charge < -0.3 is 14.8 Å². The van der Waals surface area contributed by atoms with Crippen molar-refractivity contribution in [1.82, 2.24) is 10.2 Å². The minimum absolute atomic E-state index is 0.591. The molecule has 4 heteroatoms. The molecule has 0 aliphatic carbocycles. The first-order chi connectivity index (χ1) is 8.72. The molecule has 108 valence electrons. The molecule has 0 radical (unpaired) electrons. The molecule has 0 bridgehead atoms. The number of rotatable bonds is 8. The van der Waals surface area contributed by atoms with Crippen LogP contribution < -0.4 is 5.32 Å². The SMILES string of the molecule is CCC(C)N(CCOC)CC1COCCC1NC. The lowest BCUT2D eigenvalue weighted by Gasteiger charge is -2.37. The zero-order valence-corrected chi connectivity index (χ0v) is 12.4. The summed E-state index contributed by atoms with van der Waals surface area (Å²) in [7, 11) is 3.83. The summed E-state index contributed by atoms with van der Waals surface area (Å²) in [5.74, 6) is 0.592. The molecule has 0 aromatic rings. The van der Waals surface area contributed by atoms with Crippen LogP contribution in [0.1, 0.15) is 26.7 Å². The van der Waals surface area contributed by atoms with Crippen LogP contribution >= 0.6 is 0 Å². The van der Waals surface area contributed by atoms with E-state index < -0.39 is 0 Å². The fourth-order valence-electron chi connectivity index (χ4n) is 2.62. The Morgan fingerprint density at radius 2 is 2.28 bits per heavy atom. The maximum absolute atomic E-state index is 5.63. The van der Waals surface area contributed by atoms with Crippen LogP contribution in [0, 0.1) is 5.92 Å². The van der Waals surface area contributed by atoms with Crippen LogP contribution in [-0.2, 0) is 9.47 Å². The lowest BCUT2D eigenvalue weighted by molar-refractivity contribution is 0.00805. The molecule has 18 heavy (non-hydrogen) atoms. The standard InChI is InChI=1S/C14H30N2O2/c1-5-12(2)16(7-9-17-4)10-13-11-18-8-6-14(13)15-3/h12-15H,5-11H2,1-4H3. The summed E-state index contributed by atoms with van der Waals surface area (Å²) < 4.78 is 10.9. The van der Waals surface area contributed by atoms with Crippen LogP contribution in [0.5, 0.6) is 0 Å². The van der Waals surface area contributed by atoms with E-state index in [1.165, 1.54) is 6.42 Å². The van der Waals surface area contributed by atoms with E-state index in [4.69, 9.17) is 9.47 Å². The Bertz CT molecular complexity index is 214. The van der Waals surface area contributed by atoms with E-state index in [1.807, 2.05) is 0 Å². The summed E-state index contributed by atoms with van der Waals surface area (Å²) in [6.45, 7) is 9.24. The highest BCUT2D eigenvalue weighted by Crippen LogP contribution is 2.17. The van der Waals surface area contributed by atoms with Gasteiger partial charge in [-0.15, -0.1) is 0 Å². The van der Waals surface area contributed by atoms with E-state index in [0.29, 0.717) is 18.0 Å². The van der Waals surface area contributed by atoms with E-state index in [0.717, 1.165) is 39.3 Å². The van der Waals surface area contributed by atoms with Crippen LogP contribution in [0.15, 0.2) is 0 Å². The average Bonchev–Trinajstić information content (AvgIpc) is 2.42. The molecule has 1 saturated heterocycles. The van der Waals surface area contributed by atoms with E-state index in [-0.39, 0.29) is 0 Å². The smallest absolute Gasteiger partial charge is 0.0589 e. The lowest BCUT2D eigenvalue weighted by Crippen LogP contribution is -2.49. The molecule has 1 rings (SSSR count). The van der Waals surface area contributed by atoms with Gasteiger partial charge in [0, 0.05) is 44.8 Å². The minimum Gasteiger partial charge on any atom is -0.383 e. The molecule has 0 saturated carbocycles. The molecule has 0 spiro atoms. The van der Waals surface area contributed by atoms with Crippen LogP contribution in [-0.4, -0.2) is 64.1 Å². The van der Waals surface area contributed by atoms with Crippen molar-refractivity contribution in [2.24, 2.45) is 5.92 Å². The Balaban J connectivity index is 2.51. The molecule has 0 aromatic carbocycles. The lowest BCUT2D eigenvalue weighted by atomic mass is 9.94. The van der Waals surface area contributed by atoms with Gasteiger partial charge >= 0.3 is 0 Å². The zero-order chi connectivity index (χ0) is 13.4. The monoisotopic (exact) mass is 258 g/mol. The van der Waals surface area contributed by atoms with Gasteiger partial charge in [0.1, 0.15) is 0 Å². The minimum atomic E-state index is 0.591. The fraction of sp³-hybridized carbons (Fsp3) is 1.00. The summed E-state index contributed by atoms with van der Waals surface area (Å²) in [6, 6.07) is 1.20. The molecule has 3 atom stereocenters. The fourth-order valence-corrected chi connectivity index (χ4v) is 2.62. The first-order valence-corrected chi connectivity index (χ1v) is 7.20. The van der Waals surface area contributed by atoms with Gasteiger partial charge in [0.15, 0.2) is 0 Å². The van der Waals surface area contributed by atoms with Crippen molar-refractivity contribution >= 4 is 0 Å². The van der Waals surface area contributed by atoms with Gasteiger partial charge in [-0.25, -0.2) is 0 Å². The van der Waals surface area contributed by atoms with Gasteiger partial charge in [0.05, 0.1) is 13.2 Å². The van der Waals surface area contributed by atoms with Crippen molar-refractivity contribution in [2.45, 2.75) is 38.8 Å². The summed E-state index contributed by atoms with van der Waals surface area (Å²) in [5, 5.41) is 3.43. The van der Waals surface area contributed by atoms with E-state index in [2.05, 4.69) is 31.1 Å². The molecule has 1 aliphatic heterocycles. The first kappa shape index (κ1) is 15.9. The third kappa shape index (κ3) is 4.84. The topological polar surface area (TPSA) is 33.7 Å². The second-order valence-corrected chi connectivity index (χ2v) is 5.26. The zero-order valence-electron chi connectivity index (χ0n) is 12.4. The number of ether oxygens (including phenoxy) is 2. The average molecular weight is 258 g/mol. The Morgan fingerprint density at radius 3 is 2.89 bits per heavy atom. The van der Waals surface area contributed by atoms with Gasteiger partial charge in [-0.2, -0.15) is 0 Å². The Labute approximate surface area is 112 Å². The molecule has 4 nitrogen and oxygen atoms in total. The van der Waals surface area contributed by atoms with Crippen LogP contribution in [0.2, 0.25) is 0 Å². The molecular weight excluding hydrogens is 228 g/mol. The Kier molecular flexibility index (Phi) is 7.82. The second-order valence-electron chi connectivity index (χ2n) is 5.26. The second kappa shape index (κ2) is 8.86. The van der Waals surface area contributed by atoms with Crippen molar-refractivity contribution in [1.29, 1.82) is 0 Å². The number of nitrogens with one attached hydrogen (secondary N) is 1.